The molecule has 1 N–H and O–H groups in total. The fourth-order valence-electron chi connectivity index (χ4n) is 1.25. The monoisotopic (exact) mass is 178 g/mol. The Morgan fingerprint density at radius 2 is 2.10 bits per heavy atom. The van der Waals surface area contributed by atoms with Gasteiger partial charge in [0.05, 0.1) is 6.10 Å². The zero-order valence-electron chi connectivity index (χ0n) is 5.99. The van der Waals surface area contributed by atoms with Crippen LogP contribution in [-0.4, -0.2) is 28.5 Å². The fraction of sp³-hybridized carbons (Fsp3) is 1.00. The third kappa shape index (κ3) is 2.36. The van der Waals surface area contributed by atoms with Crippen molar-refractivity contribution in [2.24, 2.45) is 5.92 Å². The normalized spacial score (nSPS) is 24.6. The highest BCUT2D eigenvalue weighted by molar-refractivity contribution is 7.99. The van der Waals surface area contributed by atoms with E-state index in [9.17, 15) is 5.11 Å². The molecule has 0 aromatic carbocycles. The Morgan fingerprint density at radius 1 is 1.50 bits per heavy atom. The van der Waals surface area contributed by atoms with Crippen molar-refractivity contribution in [2.45, 2.75) is 18.9 Å². The maximum absolute atomic E-state index is 9.40. The lowest BCUT2D eigenvalue weighted by Gasteiger charge is -2.24. The topological polar surface area (TPSA) is 20.2 Å². The molecule has 1 fully saturated rings. The van der Waals surface area contributed by atoms with Crippen molar-refractivity contribution in [3.05, 3.63) is 0 Å². The summed E-state index contributed by atoms with van der Waals surface area (Å²) < 4.78 is 0. The molecule has 1 atom stereocenters. The summed E-state index contributed by atoms with van der Waals surface area (Å²) in [4.78, 5) is 0. The Bertz CT molecular complexity index is 91.6. The molecule has 60 valence electrons. The fourth-order valence-corrected chi connectivity index (χ4v) is 2.69. The van der Waals surface area contributed by atoms with Crippen LogP contribution in [0.1, 0.15) is 12.8 Å². The van der Waals surface area contributed by atoms with Gasteiger partial charge < -0.3 is 5.11 Å². The summed E-state index contributed by atoms with van der Waals surface area (Å²) in [5.41, 5.74) is 0. The maximum Gasteiger partial charge on any atom is 0.0656 e. The molecule has 1 nitrogen and oxygen atoms in total. The molecule has 0 aromatic rings. The SMILES string of the molecule is OC(CS)C1CCSCC1. The average molecular weight is 178 g/mol. The van der Waals surface area contributed by atoms with Gasteiger partial charge in [-0.2, -0.15) is 24.4 Å². The Morgan fingerprint density at radius 3 is 2.60 bits per heavy atom. The minimum Gasteiger partial charge on any atom is -0.392 e. The standard InChI is InChI=1S/C7H14OS2/c8-7(5-9)6-1-3-10-4-2-6/h6-9H,1-5H2. The van der Waals surface area contributed by atoms with Crippen molar-refractivity contribution in [3.63, 3.8) is 0 Å². The minimum absolute atomic E-state index is 0.163. The van der Waals surface area contributed by atoms with Crippen molar-refractivity contribution in [2.75, 3.05) is 17.3 Å². The number of aliphatic hydroxyl groups excluding tert-OH is 1. The first kappa shape index (κ1) is 8.75. The molecule has 0 saturated carbocycles. The van der Waals surface area contributed by atoms with Gasteiger partial charge in [0.1, 0.15) is 0 Å². The van der Waals surface area contributed by atoms with E-state index in [0.717, 1.165) is 0 Å². The van der Waals surface area contributed by atoms with Crippen LogP contribution in [0.5, 0.6) is 0 Å². The number of hydrogen-bond acceptors (Lipinski definition) is 3. The van der Waals surface area contributed by atoms with Crippen LogP contribution in [0.4, 0.5) is 0 Å². The molecule has 0 amide bonds. The first-order valence-electron chi connectivity index (χ1n) is 3.71. The van der Waals surface area contributed by atoms with E-state index in [1.165, 1.54) is 24.3 Å². The highest BCUT2D eigenvalue weighted by Crippen LogP contribution is 2.25. The van der Waals surface area contributed by atoms with Crippen molar-refractivity contribution in [3.8, 4) is 0 Å². The van der Waals surface area contributed by atoms with Gasteiger partial charge in [0.2, 0.25) is 0 Å². The van der Waals surface area contributed by atoms with E-state index in [1.54, 1.807) is 0 Å². The maximum atomic E-state index is 9.40. The largest absolute Gasteiger partial charge is 0.392 e. The molecule has 1 aliphatic rings. The summed E-state index contributed by atoms with van der Waals surface area (Å²) in [5, 5.41) is 9.40. The second-order valence-electron chi connectivity index (χ2n) is 2.70. The summed E-state index contributed by atoms with van der Waals surface area (Å²) >= 11 is 6.06. The lowest BCUT2D eigenvalue weighted by molar-refractivity contribution is 0.125. The Balaban J connectivity index is 2.24. The molecule has 0 aliphatic carbocycles. The highest BCUT2D eigenvalue weighted by atomic mass is 32.2. The number of aliphatic hydroxyl groups is 1. The molecule has 0 bridgehead atoms. The third-order valence-electron chi connectivity index (χ3n) is 2.00. The summed E-state index contributed by atoms with van der Waals surface area (Å²) in [6, 6.07) is 0. The number of thiol groups is 1. The van der Waals surface area contributed by atoms with Gasteiger partial charge in [-0.1, -0.05) is 0 Å². The van der Waals surface area contributed by atoms with E-state index in [2.05, 4.69) is 12.6 Å². The predicted molar refractivity (Wildman–Crippen MR) is 49.9 cm³/mol. The van der Waals surface area contributed by atoms with E-state index in [4.69, 9.17) is 0 Å². The molecule has 10 heavy (non-hydrogen) atoms. The summed E-state index contributed by atoms with van der Waals surface area (Å²) in [6.07, 6.45) is 2.18. The first-order chi connectivity index (χ1) is 4.84. The highest BCUT2D eigenvalue weighted by Gasteiger charge is 2.20. The first-order valence-corrected chi connectivity index (χ1v) is 5.50. The van der Waals surface area contributed by atoms with Crippen LogP contribution in [0.3, 0.4) is 0 Å². The Hall–Kier alpha value is 0.660. The lowest BCUT2D eigenvalue weighted by Crippen LogP contribution is -2.25. The second kappa shape index (κ2) is 4.52. The molecule has 1 unspecified atom stereocenters. The molecule has 1 rings (SSSR count). The molecular weight excluding hydrogens is 164 g/mol. The van der Waals surface area contributed by atoms with Crippen LogP contribution in [0.15, 0.2) is 0 Å². The van der Waals surface area contributed by atoms with Crippen LogP contribution in [-0.2, 0) is 0 Å². The van der Waals surface area contributed by atoms with Gasteiger partial charge in [0, 0.05) is 5.75 Å². The van der Waals surface area contributed by atoms with Crippen LogP contribution < -0.4 is 0 Å². The Kier molecular flexibility index (Phi) is 3.96. The number of thioether (sulfide) groups is 1. The molecule has 1 saturated heterocycles. The average Bonchev–Trinajstić information content (AvgIpc) is 2.05. The van der Waals surface area contributed by atoms with Gasteiger partial charge in [-0.15, -0.1) is 0 Å². The van der Waals surface area contributed by atoms with Gasteiger partial charge in [0.25, 0.3) is 0 Å². The molecule has 1 heterocycles. The molecule has 0 aromatic heterocycles. The van der Waals surface area contributed by atoms with Crippen molar-refractivity contribution < 1.29 is 5.11 Å². The van der Waals surface area contributed by atoms with Gasteiger partial charge >= 0.3 is 0 Å². The number of rotatable bonds is 2. The zero-order valence-corrected chi connectivity index (χ0v) is 7.70. The predicted octanol–water partition coefficient (Wildman–Crippen LogP) is 1.42. The van der Waals surface area contributed by atoms with E-state index in [1.807, 2.05) is 11.8 Å². The van der Waals surface area contributed by atoms with Gasteiger partial charge in [-0.05, 0) is 30.3 Å². The second-order valence-corrected chi connectivity index (χ2v) is 4.29. The van der Waals surface area contributed by atoms with Crippen LogP contribution in [0.25, 0.3) is 0 Å². The van der Waals surface area contributed by atoms with Gasteiger partial charge in [0.15, 0.2) is 0 Å². The smallest absolute Gasteiger partial charge is 0.0656 e. The quantitative estimate of drug-likeness (QED) is 0.624. The molecule has 1 aliphatic heterocycles. The molecule has 0 spiro atoms. The lowest BCUT2D eigenvalue weighted by atomic mass is 9.97. The van der Waals surface area contributed by atoms with Crippen molar-refractivity contribution in [1.82, 2.24) is 0 Å². The van der Waals surface area contributed by atoms with E-state index in [0.29, 0.717) is 11.7 Å². The number of hydrogen-bond donors (Lipinski definition) is 2. The summed E-state index contributed by atoms with van der Waals surface area (Å²) in [7, 11) is 0. The van der Waals surface area contributed by atoms with Gasteiger partial charge in [-0.25, -0.2) is 0 Å². The zero-order chi connectivity index (χ0) is 7.40. The van der Waals surface area contributed by atoms with Gasteiger partial charge in [-0.3, -0.25) is 0 Å². The summed E-state index contributed by atoms with van der Waals surface area (Å²) in [6.45, 7) is 0. The molecule has 3 heteroatoms. The minimum atomic E-state index is -0.163. The van der Waals surface area contributed by atoms with E-state index in [-0.39, 0.29) is 6.10 Å². The summed E-state index contributed by atoms with van der Waals surface area (Å²) in [5.74, 6) is 3.58. The van der Waals surface area contributed by atoms with E-state index < -0.39 is 0 Å². The van der Waals surface area contributed by atoms with Crippen LogP contribution in [0, 0.1) is 5.92 Å². The molecule has 0 radical (unpaired) electrons. The third-order valence-corrected chi connectivity index (χ3v) is 3.42. The van der Waals surface area contributed by atoms with Crippen LogP contribution >= 0.6 is 24.4 Å². The molecular formula is C7H14OS2. The van der Waals surface area contributed by atoms with Crippen LogP contribution in [0.2, 0.25) is 0 Å². The van der Waals surface area contributed by atoms with Crippen molar-refractivity contribution in [1.29, 1.82) is 0 Å². The van der Waals surface area contributed by atoms with E-state index >= 15 is 0 Å². The Labute approximate surface area is 72.0 Å². The van der Waals surface area contributed by atoms with Crippen molar-refractivity contribution >= 4 is 24.4 Å².